The van der Waals surface area contributed by atoms with Crippen LogP contribution in [0.4, 0.5) is 4.39 Å². The Hall–Kier alpha value is -0.600. The topological polar surface area (TPSA) is 29.1 Å². The Kier molecular flexibility index (Phi) is 4.89. The number of carbonyl (C=O) groups is 1. The standard InChI is InChI=1S/C7H14FNO/c1-3-4-6(2)9-7(10)5-8/h6H,3-5H2,1-2H3,(H,9,10). The molecule has 0 saturated carbocycles. The van der Waals surface area contributed by atoms with Gasteiger partial charge in [0.25, 0.3) is 5.91 Å². The van der Waals surface area contributed by atoms with Gasteiger partial charge in [-0.1, -0.05) is 13.3 Å². The van der Waals surface area contributed by atoms with Crippen LogP contribution in [0.5, 0.6) is 0 Å². The molecule has 0 aliphatic rings. The first-order chi connectivity index (χ1) is 4.70. The maximum atomic E-state index is 11.6. The van der Waals surface area contributed by atoms with E-state index in [2.05, 4.69) is 5.32 Å². The number of carbonyl (C=O) groups excluding carboxylic acids is 1. The molecule has 60 valence electrons. The summed E-state index contributed by atoms with van der Waals surface area (Å²) in [6, 6.07) is 0.105. The Morgan fingerprint density at radius 1 is 1.70 bits per heavy atom. The van der Waals surface area contributed by atoms with E-state index in [0.717, 1.165) is 12.8 Å². The van der Waals surface area contributed by atoms with Crippen LogP contribution in [-0.2, 0) is 4.79 Å². The summed E-state index contributed by atoms with van der Waals surface area (Å²) in [5, 5.41) is 2.52. The van der Waals surface area contributed by atoms with Crippen LogP contribution in [-0.4, -0.2) is 18.6 Å². The number of nitrogens with one attached hydrogen (secondary N) is 1. The molecule has 10 heavy (non-hydrogen) atoms. The van der Waals surface area contributed by atoms with Gasteiger partial charge in [-0.25, -0.2) is 4.39 Å². The Labute approximate surface area is 60.8 Å². The molecular formula is C7H14FNO. The van der Waals surface area contributed by atoms with Crippen LogP contribution in [0.3, 0.4) is 0 Å². The third kappa shape index (κ3) is 4.30. The highest BCUT2D eigenvalue weighted by Crippen LogP contribution is 1.93. The lowest BCUT2D eigenvalue weighted by molar-refractivity contribution is -0.122. The predicted molar refractivity (Wildman–Crippen MR) is 38.5 cm³/mol. The van der Waals surface area contributed by atoms with Gasteiger partial charge < -0.3 is 5.32 Å². The molecule has 1 N–H and O–H groups in total. The molecule has 3 heteroatoms. The second-order valence-electron chi connectivity index (χ2n) is 2.39. The van der Waals surface area contributed by atoms with Crippen molar-refractivity contribution in [2.24, 2.45) is 0 Å². The van der Waals surface area contributed by atoms with Crippen molar-refractivity contribution in [3.63, 3.8) is 0 Å². The average molecular weight is 147 g/mol. The van der Waals surface area contributed by atoms with E-state index in [1.54, 1.807) is 0 Å². The van der Waals surface area contributed by atoms with Crippen LogP contribution < -0.4 is 5.32 Å². The van der Waals surface area contributed by atoms with Crippen molar-refractivity contribution in [1.29, 1.82) is 0 Å². The first-order valence-corrected chi connectivity index (χ1v) is 3.56. The molecule has 2 nitrogen and oxygen atoms in total. The highest BCUT2D eigenvalue weighted by molar-refractivity contribution is 5.77. The fourth-order valence-corrected chi connectivity index (χ4v) is 0.819. The highest BCUT2D eigenvalue weighted by Gasteiger charge is 2.03. The van der Waals surface area contributed by atoms with E-state index >= 15 is 0 Å². The lowest BCUT2D eigenvalue weighted by Crippen LogP contribution is -2.33. The van der Waals surface area contributed by atoms with Gasteiger partial charge in [-0.05, 0) is 13.3 Å². The van der Waals surface area contributed by atoms with E-state index in [4.69, 9.17) is 0 Å². The van der Waals surface area contributed by atoms with E-state index in [0.29, 0.717) is 0 Å². The molecule has 1 unspecified atom stereocenters. The monoisotopic (exact) mass is 147 g/mol. The van der Waals surface area contributed by atoms with E-state index in [9.17, 15) is 9.18 Å². The predicted octanol–water partition coefficient (Wildman–Crippen LogP) is 1.26. The minimum atomic E-state index is -0.909. The van der Waals surface area contributed by atoms with Gasteiger partial charge in [-0.2, -0.15) is 0 Å². The smallest absolute Gasteiger partial charge is 0.251 e. The van der Waals surface area contributed by atoms with E-state index in [-0.39, 0.29) is 6.04 Å². The lowest BCUT2D eigenvalue weighted by atomic mass is 10.2. The van der Waals surface area contributed by atoms with E-state index < -0.39 is 12.6 Å². The molecule has 0 aromatic heterocycles. The third-order valence-corrected chi connectivity index (χ3v) is 1.25. The minimum absolute atomic E-state index is 0.105. The van der Waals surface area contributed by atoms with Crippen molar-refractivity contribution in [1.82, 2.24) is 5.32 Å². The average Bonchev–Trinajstić information content (AvgIpc) is 1.88. The maximum Gasteiger partial charge on any atom is 0.251 e. The first kappa shape index (κ1) is 9.40. The third-order valence-electron chi connectivity index (χ3n) is 1.25. The van der Waals surface area contributed by atoms with Crippen molar-refractivity contribution in [2.45, 2.75) is 32.7 Å². The van der Waals surface area contributed by atoms with Crippen LogP contribution in [0.2, 0.25) is 0 Å². The fourth-order valence-electron chi connectivity index (χ4n) is 0.819. The molecule has 0 rings (SSSR count). The molecule has 0 aliphatic carbocycles. The fraction of sp³-hybridized carbons (Fsp3) is 0.857. The quantitative estimate of drug-likeness (QED) is 0.637. The molecule has 0 radical (unpaired) electrons. The Bertz CT molecular complexity index is 106. The van der Waals surface area contributed by atoms with Crippen LogP contribution in [0.1, 0.15) is 26.7 Å². The molecule has 0 aromatic carbocycles. The van der Waals surface area contributed by atoms with Gasteiger partial charge >= 0.3 is 0 Å². The molecule has 0 bridgehead atoms. The van der Waals surface area contributed by atoms with Crippen LogP contribution in [0, 0.1) is 0 Å². The summed E-state index contributed by atoms with van der Waals surface area (Å²) >= 11 is 0. The van der Waals surface area contributed by atoms with Gasteiger partial charge in [0.15, 0.2) is 6.67 Å². The van der Waals surface area contributed by atoms with Gasteiger partial charge in [0, 0.05) is 6.04 Å². The maximum absolute atomic E-state index is 11.6. The molecule has 0 saturated heterocycles. The Balaban J connectivity index is 3.37. The molecule has 0 fully saturated rings. The number of amides is 1. The normalized spacial score (nSPS) is 12.7. The second-order valence-corrected chi connectivity index (χ2v) is 2.39. The summed E-state index contributed by atoms with van der Waals surface area (Å²) in [6.07, 6.45) is 1.92. The van der Waals surface area contributed by atoms with Gasteiger partial charge in [0.1, 0.15) is 0 Å². The zero-order valence-corrected chi connectivity index (χ0v) is 6.48. The molecule has 1 amide bonds. The van der Waals surface area contributed by atoms with Crippen molar-refractivity contribution in [3.8, 4) is 0 Å². The van der Waals surface area contributed by atoms with Crippen LogP contribution in [0.15, 0.2) is 0 Å². The molecular weight excluding hydrogens is 133 g/mol. The number of hydrogen-bond acceptors (Lipinski definition) is 1. The zero-order valence-electron chi connectivity index (χ0n) is 6.48. The molecule has 1 atom stereocenters. The second kappa shape index (κ2) is 5.21. The SMILES string of the molecule is CCCC(C)NC(=O)CF. The van der Waals surface area contributed by atoms with Gasteiger partial charge in [0.05, 0.1) is 0 Å². The van der Waals surface area contributed by atoms with Crippen molar-refractivity contribution in [2.75, 3.05) is 6.67 Å². The summed E-state index contributed by atoms with van der Waals surface area (Å²) in [4.78, 5) is 10.4. The molecule has 0 aromatic rings. The van der Waals surface area contributed by atoms with Crippen molar-refractivity contribution in [3.05, 3.63) is 0 Å². The highest BCUT2D eigenvalue weighted by atomic mass is 19.1. The molecule has 0 aliphatic heterocycles. The number of halogens is 1. The van der Waals surface area contributed by atoms with Gasteiger partial charge in [-0.15, -0.1) is 0 Å². The number of hydrogen-bond donors (Lipinski definition) is 1. The summed E-state index contributed by atoms with van der Waals surface area (Å²) < 4.78 is 11.6. The van der Waals surface area contributed by atoms with Crippen molar-refractivity contribution >= 4 is 5.91 Å². The molecule has 0 spiro atoms. The largest absolute Gasteiger partial charge is 0.351 e. The van der Waals surface area contributed by atoms with Crippen LogP contribution in [0.25, 0.3) is 0 Å². The minimum Gasteiger partial charge on any atom is -0.351 e. The van der Waals surface area contributed by atoms with Crippen LogP contribution >= 0.6 is 0 Å². The summed E-state index contributed by atoms with van der Waals surface area (Å²) in [5.41, 5.74) is 0. The lowest BCUT2D eigenvalue weighted by Gasteiger charge is -2.10. The van der Waals surface area contributed by atoms with E-state index in [1.165, 1.54) is 0 Å². The Morgan fingerprint density at radius 2 is 2.30 bits per heavy atom. The summed E-state index contributed by atoms with van der Waals surface area (Å²) in [7, 11) is 0. The number of alkyl halides is 1. The summed E-state index contributed by atoms with van der Waals surface area (Å²) in [5.74, 6) is -0.513. The Morgan fingerprint density at radius 3 is 2.70 bits per heavy atom. The van der Waals surface area contributed by atoms with Gasteiger partial charge in [-0.3, -0.25) is 4.79 Å². The number of rotatable bonds is 4. The first-order valence-electron chi connectivity index (χ1n) is 3.56. The summed E-state index contributed by atoms with van der Waals surface area (Å²) in [6.45, 7) is 2.99. The zero-order chi connectivity index (χ0) is 7.98. The van der Waals surface area contributed by atoms with E-state index in [1.807, 2.05) is 13.8 Å². The van der Waals surface area contributed by atoms with Gasteiger partial charge in [0.2, 0.25) is 0 Å². The molecule has 0 heterocycles. The van der Waals surface area contributed by atoms with Crippen molar-refractivity contribution < 1.29 is 9.18 Å².